The number of amides is 1. The number of nitrogens with two attached hydrogens (primary N) is 1. The number of aryl methyl sites for hydroxylation is 1. The highest BCUT2D eigenvalue weighted by Gasteiger charge is 2.06. The molecular formula is C9H9N3OS. The second-order valence-corrected chi connectivity index (χ2v) is 3.85. The number of thiophene rings is 1. The normalized spacial score (nSPS) is 10.4. The Morgan fingerprint density at radius 3 is 2.93 bits per heavy atom. The predicted molar refractivity (Wildman–Crippen MR) is 54.7 cm³/mol. The predicted octanol–water partition coefficient (Wildman–Crippen LogP) is 1.34. The lowest BCUT2D eigenvalue weighted by Crippen LogP contribution is -2.08. The van der Waals surface area contributed by atoms with Crippen molar-refractivity contribution in [3.05, 3.63) is 34.3 Å². The molecule has 0 bridgehead atoms. The van der Waals surface area contributed by atoms with E-state index in [1.54, 1.807) is 10.7 Å². The van der Waals surface area contributed by atoms with Crippen molar-refractivity contribution in [2.45, 2.75) is 6.92 Å². The molecule has 5 heteroatoms. The molecule has 72 valence electrons. The van der Waals surface area contributed by atoms with Crippen LogP contribution in [0.3, 0.4) is 0 Å². The van der Waals surface area contributed by atoms with Gasteiger partial charge in [0.1, 0.15) is 0 Å². The molecule has 0 fully saturated rings. The summed E-state index contributed by atoms with van der Waals surface area (Å²) in [5.41, 5.74) is 6.97. The number of hydrogen-bond donors (Lipinski definition) is 1. The van der Waals surface area contributed by atoms with Crippen molar-refractivity contribution in [1.29, 1.82) is 0 Å². The highest BCUT2D eigenvalue weighted by atomic mass is 32.1. The first-order valence-corrected chi connectivity index (χ1v) is 4.96. The standard InChI is InChI=1S/C9H9N3OS/c1-6-2-3-12(11-6)7-4-8(9(10)13)14-5-7/h2-5H,1H3,(H2,10,13). The Bertz CT molecular complexity index is 472. The topological polar surface area (TPSA) is 60.9 Å². The van der Waals surface area contributed by atoms with Gasteiger partial charge in [-0.1, -0.05) is 0 Å². The Morgan fingerprint density at radius 2 is 2.43 bits per heavy atom. The van der Waals surface area contributed by atoms with Crippen molar-refractivity contribution in [2.75, 3.05) is 0 Å². The van der Waals surface area contributed by atoms with Crippen LogP contribution in [0, 0.1) is 6.92 Å². The molecule has 0 atom stereocenters. The van der Waals surface area contributed by atoms with Crippen LogP contribution >= 0.6 is 11.3 Å². The number of hydrogen-bond acceptors (Lipinski definition) is 3. The van der Waals surface area contributed by atoms with Gasteiger partial charge in [-0.25, -0.2) is 4.68 Å². The van der Waals surface area contributed by atoms with Crippen molar-refractivity contribution in [3.63, 3.8) is 0 Å². The zero-order chi connectivity index (χ0) is 10.1. The fraction of sp³-hybridized carbons (Fsp3) is 0.111. The fourth-order valence-corrected chi connectivity index (χ4v) is 1.86. The van der Waals surface area contributed by atoms with Gasteiger partial charge >= 0.3 is 0 Å². The summed E-state index contributed by atoms with van der Waals surface area (Å²) in [6, 6.07) is 3.64. The molecule has 2 aromatic rings. The molecule has 14 heavy (non-hydrogen) atoms. The first kappa shape index (κ1) is 8.96. The number of rotatable bonds is 2. The smallest absolute Gasteiger partial charge is 0.258 e. The van der Waals surface area contributed by atoms with Crippen molar-refractivity contribution in [2.24, 2.45) is 5.73 Å². The van der Waals surface area contributed by atoms with E-state index in [9.17, 15) is 4.79 Å². The molecule has 0 saturated heterocycles. The maximum absolute atomic E-state index is 10.9. The molecule has 0 aliphatic heterocycles. The van der Waals surface area contributed by atoms with Gasteiger partial charge in [0.15, 0.2) is 0 Å². The lowest BCUT2D eigenvalue weighted by atomic mass is 10.4. The van der Waals surface area contributed by atoms with Crippen LogP contribution in [0.2, 0.25) is 0 Å². The second kappa shape index (κ2) is 3.26. The maximum atomic E-state index is 10.9. The van der Waals surface area contributed by atoms with Gasteiger partial charge in [-0.05, 0) is 19.1 Å². The summed E-state index contributed by atoms with van der Waals surface area (Å²) in [6.07, 6.45) is 1.85. The minimum Gasteiger partial charge on any atom is -0.365 e. The molecule has 0 aliphatic rings. The van der Waals surface area contributed by atoms with Crippen LogP contribution in [0.5, 0.6) is 0 Å². The van der Waals surface area contributed by atoms with E-state index < -0.39 is 5.91 Å². The van der Waals surface area contributed by atoms with Crippen LogP contribution in [0.4, 0.5) is 0 Å². The maximum Gasteiger partial charge on any atom is 0.258 e. The highest BCUT2D eigenvalue weighted by molar-refractivity contribution is 7.12. The van der Waals surface area contributed by atoms with Gasteiger partial charge in [-0.2, -0.15) is 5.10 Å². The van der Waals surface area contributed by atoms with Gasteiger partial charge in [-0.3, -0.25) is 4.79 Å². The summed E-state index contributed by atoms with van der Waals surface area (Å²) in [4.78, 5) is 11.4. The molecule has 4 nitrogen and oxygen atoms in total. The van der Waals surface area contributed by atoms with Gasteiger partial charge < -0.3 is 5.73 Å². The van der Waals surface area contributed by atoms with E-state index >= 15 is 0 Å². The molecule has 1 amide bonds. The third-order valence-corrected chi connectivity index (χ3v) is 2.75. The van der Waals surface area contributed by atoms with E-state index in [1.807, 2.05) is 24.6 Å². The van der Waals surface area contributed by atoms with Crippen molar-refractivity contribution in [3.8, 4) is 5.69 Å². The van der Waals surface area contributed by atoms with Crippen LogP contribution in [-0.4, -0.2) is 15.7 Å². The Hall–Kier alpha value is -1.62. The van der Waals surface area contributed by atoms with Crippen molar-refractivity contribution in [1.82, 2.24) is 9.78 Å². The van der Waals surface area contributed by atoms with Crippen LogP contribution in [-0.2, 0) is 0 Å². The van der Waals surface area contributed by atoms with E-state index in [0.717, 1.165) is 11.4 Å². The zero-order valence-electron chi connectivity index (χ0n) is 7.60. The molecule has 2 rings (SSSR count). The first-order chi connectivity index (χ1) is 6.66. The fourth-order valence-electron chi connectivity index (χ4n) is 1.13. The Labute approximate surface area is 85.0 Å². The minimum atomic E-state index is -0.398. The SMILES string of the molecule is Cc1ccn(-c2csc(C(N)=O)c2)n1. The molecule has 0 saturated carbocycles. The van der Waals surface area contributed by atoms with Crippen molar-refractivity contribution < 1.29 is 4.79 Å². The number of carbonyl (C=O) groups is 1. The van der Waals surface area contributed by atoms with Crippen LogP contribution in [0.1, 0.15) is 15.4 Å². The lowest BCUT2D eigenvalue weighted by Gasteiger charge is -1.93. The average Bonchev–Trinajstić information content (AvgIpc) is 2.70. The van der Waals surface area contributed by atoms with Crippen LogP contribution < -0.4 is 5.73 Å². The highest BCUT2D eigenvalue weighted by Crippen LogP contribution is 2.17. The van der Waals surface area contributed by atoms with Gasteiger partial charge in [0, 0.05) is 11.6 Å². The van der Waals surface area contributed by atoms with Crippen LogP contribution in [0.15, 0.2) is 23.7 Å². The molecule has 2 aromatic heterocycles. The van der Waals surface area contributed by atoms with Gasteiger partial charge in [0.25, 0.3) is 5.91 Å². The van der Waals surface area contributed by atoms with Gasteiger partial charge in [-0.15, -0.1) is 11.3 Å². The van der Waals surface area contributed by atoms with Gasteiger partial charge in [0.2, 0.25) is 0 Å². The summed E-state index contributed by atoms with van der Waals surface area (Å²) in [7, 11) is 0. The van der Waals surface area contributed by atoms with E-state index in [0.29, 0.717) is 4.88 Å². The molecule has 2 heterocycles. The Kier molecular flexibility index (Phi) is 2.09. The molecule has 0 spiro atoms. The summed E-state index contributed by atoms with van der Waals surface area (Å²) in [5, 5.41) is 6.08. The molecule has 2 N–H and O–H groups in total. The monoisotopic (exact) mass is 207 g/mol. The average molecular weight is 207 g/mol. The van der Waals surface area contributed by atoms with E-state index in [2.05, 4.69) is 5.10 Å². The Balaban J connectivity index is 2.38. The van der Waals surface area contributed by atoms with E-state index in [-0.39, 0.29) is 0 Å². The molecular weight excluding hydrogens is 198 g/mol. The minimum absolute atomic E-state index is 0.398. The van der Waals surface area contributed by atoms with Gasteiger partial charge in [0.05, 0.1) is 16.3 Å². The third-order valence-electron chi connectivity index (χ3n) is 1.82. The Morgan fingerprint density at radius 1 is 1.64 bits per heavy atom. The molecule has 0 aliphatic carbocycles. The zero-order valence-corrected chi connectivity index (χ0v) is 8.41. The molecule has 0 aromatic carbocycles. The molecule has 0 unspecified atom stereocenters. The largest absolute Gasteiger partial charge is 0.365 e. The van der Waals surface area contributed by atoms with Crippen molar-refractivity contribution >= 4 is 17.2 Å². The summed E-state index contributed by atoms with van der Waals surface area (Å²) in [5.74, 6) is -0.398. The first-order valence-electron chi connectivity index (χ1n) is 4.08. The number of primary amides is 1. The third kappa shape index (κ3) is 1.54. The summed E-state index contributed by atoms with van der Waals surface area (Å²) < 4.78 is 1.72. The molecule has 0 radical (unpaired) electrons. The van der Waals surface area contributed by atoms with Crippen LogP contribution in [0.25, 0.3) is 5.69 Å². The number of carbonyl (C=O) groups excluding carboxylic acids is 1. The number of nitrogens with zero attached hydrogens (tertiary/aromatic N) is 2. The lowest BCUT2D eigenvalue weighted by molar-refractivity contribution is 0.100. The summed E-state index contributed by atoms with van der Waals surface area (Å²) in [6.45, 7) is 1.91. The van der Waals surface area contributed by atoms with E-state index in [4.69, 9.17) is 5.73 Å². The second-order valence-electron chi connectivity index (χ2n) is 2.94. The van der Waals surface area contributed by atoms with E-state index in [1.165, 1.54) is 11.3 Å². The number of aromatic nitrogens is 2. The summed E-state index contributed by atoms with van der Waals surface area (Å²) >= 11 is 1.33. The quantitative estimate of drug-likeness (QED) is 0.807.